The van der Waals surface area contributed by atoms with E-state index in [2.05, 4.69) is 10.3 Å². The molecular formula is C24H19F3N4O4. The van der Waals surface area contributed by atoms with Crippen molar-refractivity contribution in [2.75, 3.05) is 12.4 Å². The summed E-state index contributed by atoms with van der Waals surface area (Å²) in [5, 5.41) is 2.28. The maximum atomic E-state index is 13.3. The molecule has 0 saturated carbocycles. The smallest absolute Gasteiger partial charge is 0.418 e. The van der Waals surface area contributed by atoms with Gasteiger partial charge < -0.3 is 10.1 Å². The van der Waals surface area contributed by atoms with E-state index in [9.17, 15) is 27.6 Å². The Morgan fingerprint density at radius 1 is 1.00 bits per heavy atom. The third kappa shape index (κ3) is 4.79. The molecule has 2 aromatic carbocycles. The molecule has 0 bridgehead atoms. The van der Waals surface area contributed by atoms with Crippen LogP contribution in [0.1, 0.15) is 11.1 Å². The van der Waals surface area contributed by atoms with Gasteiger partial charge in [0, 0.05) is 11.8 Å². The molecule has 180 valence electrons. The van der Waals surface area contributed by atoms with E-state index in [-0.39, 0.29) is 17.6 Å². The minimum absolute atomic E-state index is 0.0574. The quantitative estimate of drug-likeness (QED) is 0.453. The Hall–Kier alpha value is -4.41. The first-order valence-electron chi connectivity index (χ1n) is 10.4. The van der Waals surface area contributed by atoms with Crippen molar-refractivity contribution in [1.82, 2.24) is 14.1 Å². The minimum atomic E-state index is -4.68. The highest BCUT2D eigenvalue weighted by atomic mass is 19.4. The van der Waals surface area contributed by atoms with E-state index < -0.39 is 41.1 Å². The second-order valence-corrected chi connectivity index (χ2v) is 7.54. The summed E-state index contributed by atoms with van der Waals surface area (Å²) < 4.78 is 47.1. The maximum absolute atomic E-state index is 13.3. The summed E-state index contributed by atoms with van der Waals surface area (Å²) >= 11 is 0. The molecule has 1 amide bonds. The molecule has 11 heteroatoms. The van der Waals surface area contributed by atoms with E-state index in [0.29, 0.717) is 11.3 Å². The van der Waals surface area contributed by atoms with Crippen molar-refractivity contribution >= 4 is 22.6 Å². The number of halogens is 3. The summed E-state index contributed by atoms with van der Waals surface area (Å²) in [6.07, 6.45) is -3.34. The third-order valence-corrected chi connectivity index (χ3v) is 5.31. The summed E-state index contributed by atoms with van der Waals surface area (Å²) in [6.45, 7) is -0.810. The van der Waals surface area contributed by atoms with Crippen molar-refractivity contribution in [3.63, 3.8) is 0 Å². The summed E-state index contributed by atoms with van der Waals surface area (Å²) in [4.78, 5) is 43.2. The maximum Gasteiger partial charge on any atom is 0.418 e. The second kappa shape index (κ2) is 9.45. The number of rotatable bonds is 6. The van der Waals surface area contributed by atoms with Gasteiger partial charge in [-0.05, 0) is 30.3 Å². The number of alkyl halides is 3. The number of amides is 1. The Labute approximate surface area is 196 Å². The molecule has 0 unspecified atom stereocenters. The van der Waals surface area contributed by atoms with Crippen LogP contribution >= 0.6 is 0 Å². The average Bonchev–Trinajstić information content (AvgIpc) is 2.84. The van der Waals surface area contributed by atoms with E-state index in [1.54, 1.807) is 24.3 Å². The Kier molecular flexibility index (Phi) is 6.41. The van der Waals surface area contributed by atoms with E-state index >= 15 is 0 Å². The van der Waals surface area contributed by atoms with Gasteiger partial charge in [0.25, 0.3) is 5.56 Å². The summed E-state index contributed by atoms with van der Waals surface area (Å²) in [5.74, 6) is -0.434. The average molecular weight is 484 g/mol. The fraction of sp³-hybridized carbons (Fsp3) is 0.167. The molecular weight excluding hydrogens is 465 g/mol. The lowest BCUT2D eigenvalue weighted by molar-refractivity contribution is -0.137. The molecule has 0 aliphatic carbocycles. The van der Waals surface area contributed by atoms with Crippen molar-refractivity contribution in [2.24, 2.45) is 0 Å². The number of hydrogen-bond donors (Lipinski definition) is 1. The van der Waals surface area contributed by atoms with E-state index in [4.69, 9.17) is 4.74 Å². The zero-order chi connectivity index (χ0) is 25.2. The van der Waals surface area contributed by atoms with Gasteiger partial charge in [-0.25, -0.2) is 9.78 Å². The number of nitrogens with zero attached hydrogens (tertiary/aromatic N) is 3. The minimum Gasteiger partial charge on any atom is -0.496 e. The van der Waals surface area contributed by atoms with Gasteiger partial charge in [0.15, 0.2) is 0 Å². The number of ether oxygens (including phenoxy) is 1. The highest BCUT2D eigenvalue weighted by Gasteiger charge is 2.33. The van der Waals surface area contributed by atoms with Crippen LogP contribution < -0.4 is 21.3 Å². The lowest BCUT2D eigenvalue weighted by atomic mass is 10.1. The van der Waals surface area contributed by atoms with Crippen LogP contribution in [0.4, 0.5) is 18.9 Å². The molecule has 4 rings (SSSR count). The fourth-order valence-electron chi connectivity index (χ4n) is 3.71. The molecule has 2 heterocycles. The van der Waals surface area contributed by atoms with Gasteiger partial charge in [0.05, 0.1) is 30.3 Å². The second-order valence-electron chi connectivity index (χ2n) is 7.54. The highest BCUT2D eigenvalue weighted by Crippen LogP contribution is 2.34. The van der Waals surface area contributed by atoms with Crippen LogP contribution in [0, 0.1) is 0 Å². The molecule has 0 aliphatic heterocycles. The standard InChI is InChI=1S/C24H19F3N4O4/c1-35-19-11-5-2-7-15(19)13-31-22(33)16-8-6-12-28-21(16)30(23(31)34)14-20(32)29-18-10-4-3-9-17(18)24(25,26)27/h2-12H,13-14H2,1H3,(H,29,32). The van der Waals surface area contributed by atoms with Crippen LogP contribution in [0.3, 0.4) is 0 Å². The van der Waals surface area contributed by atoms with Crippen molar-refractivity contribution in [2.45, 2.75) is 19.3 Å². The number of carbonyl (C=O) groups excluding carboxylic acids is 1. The first kappa shape index (κ1) is 23.7. The summed E-state index contributed by atoms with van der Waals surface area (Å²) in [7, 11) is 1.45. The molecule has 35 heavy (non-hydrogen) atoms. The summed E-state index contributed by atoms with van der Waals surface area (Å²) in [5.41, 5.74) is -2.44. The highest BCUT2D eigenvalue weighted by molar-refractivity contribution is 5.92. The van der Waals surface area contributed by atoms with Crippen LogP contribution in [-0.2, 0) is 24.1 Å². The molecule has 2 aromatic heterocycles. The zero-order valence-electron chi connectivity index (χ0n) is 18.4. The van der Waals surface area contributed by atoms with Crippen molar-refractivity contribution in [3.8, 4) is 5.75 Å². The number of methoxy groups -OCH3 is 1. The van der Waals surface area contributed by atoms with Gasteiger partial charge in [-0.3, -0.25) is 18.7 Å². The topological polar surface area (TPSA) is 95.2 Å². The van der Waals surface area contributed by atoms with Gasteiger partial charge in [0.2, 0.25) is 5.91 Å². The molecule has 0 radical (unpaired) electrons. The Balaban J connectivity index is 1.76. The van der Waals surface area contributed by atoms with Crippen LogP contribution in [0.2, 0.25) is 0 Å². The number of anilines is 1. The zero-order valence-corrected chi connectivity index (χ0v) is 18.4. The van der Waals surface area contributed by atoms with Crippen LogP contribution in [0.5, 0.6) is 5.75 Å². The Morgan fingerprint density at radius 3 is 2.46 bits per heavy atom. The van der Waals surface area contributed by atoms with Gasteiger partial charge in [-0.1, -0.05) is 30.3 Å². The molecule has 0 aliphatic rings. The molecule has 8 nitrogen and oxygen atoms in total. The normalized spacial score (nSPS) is 11.4. The van der Waals surface area contributed by atoms with Gasteiger partial charge >= 0.3 is 11.9 Å². The predicted octanol–water partition coefficient (Wildman–Crippen LogP) is 3.27. The molecule has 0 spiro atoms. The number of hydrogen-bond acceptors (Lipinski definition) is 5. The number of fused-ring (bicyclic) bond motifs is 1. The molecule has 0 saturated heterocycles. The van der Waals surface area contributed by atoms with Crippen LogP contribution in [0.25, 0.3) is 11.0 Å². The number of para-hydroxylation sites is 2. The van der Waals surface area contributed by atoms with Gasteiger partial charge in [-0.2, -0.15) is 13.2 Å². The predicted molar refractivity (Wildman–Crippen MR) is 122 cm³/mol. The lowest BCUT2D eigenvalue weighted by Gasteiger charge is -2.16. The number of carbonyl (C=O) groups is 1. The van der Waals surface area contributed by atoms with E-state index in [1.807, 2.05) is 0 Å². The van der Waals surface area contributed by atoms with Crippen LogP contribution in [0.15, 0.2) is 76.4 Å². The Morgan fingerprint density at radius 2 is 1.71 bits per heavy atom. The monoisotopic (exact) mass is 484 g/mol. The van der Waals surface area contributed by atoms with Gasteiger partial charge in [-0.15, -0.1) is 0 Å². The first-order valence-corrected chi connectivity index (χ1v) is 10.4. The largest absolute Gasteiger partial charge is 0.496 e. The molecule has 0 fully saturated rings. The molecule has 1 N–H and O–H groups in total. The number of nitrogens with one attached hydrogen (secondary N) is 1. The Bertz CT molecular complexity index is 1530. The number of pyridine rings is 1. The van der Waals surface area contributed by atoms with E-state index in [1.165, 1.54) is 37.6 Å². The first-order chi connectivity index (χ1) is 16.7. The van der Waals surface area contributed by atoms with Crippen LogP contribution in [-0.4, -0.2) is 27.1 Å². The van der Waals surface area contributed by atoms with Crippen molar-refractivity contribution < 1.29 is 22.7 Å². The lowest BCUT2D eigenvalue weighted by Crippen LogP contribution is -2.42. The molecule has 4 aromatic rings. The van der Waals surface area contributed by atoms with Crippen molar-refractivity contribution in [1.29, 1.82) is 0 Å². The summed E-state index contributed by atoms with van der Waals surface area (Å²) in [6, 6.07) is 14.3. The van der Waals surface area contributed by atoms with E-state index in [0.717, 1.165) is 21.3 Å². The number of benzene rings is 2. The fourth-order valence-corrected chi connectivity index (χ4v) is 3.71. The molecule has 0 atom stereocenters. The van der Waals surface area contributed by atoms with Crippen molar-refractivity contribution in [3.05, 3.63) is 98.8 Å². The third-order valence-electron chi connectivity index (χ3n) is 5.31. The SMILES string of the molecule is COc1ccccc1Cn1c(=O)c2cccnc2n(CC(=O)Nc2ccccc2C(F)(F)F)c1=O. The van der Waals surface area contributed by atoms with Gasteiger partial charge in [0.1, 0.15) is 17.9 Å². The number of aromatic nitrogens is 3.